The maximum Gasteiger partial charge on any atom is 0.268 e. The molecule has 1 aromatic heterocycles. The van der Waals surface area contributed by atoms with Crippen molar-refractivity contribution >= 4 is 29.1 Å². The molecule has 12 heteroatoms. The van der Waals surface area contributed by atoms with Gasteiger partial charge in [0.05, 0.1) is 18.4 Å². The van der Waals surface area contributed by atoms with Crippen LogP contribution in [0.25, 0.3) is 0 Å². The number of aliphatic hydroxyl groups is 1. The van der Waals surface area contributed by atoms with E-state index >= 15 is 4.39 Å². The molecule has 0 radical (unpaired) electrons. The summed E-state index contributed by atoms with van der Waals surface area (Å²) in [5.74, 6) is -5.04. The number of nitrogens with zero attached hydrogens (tertiary/aromatic N) is 2. The minimum Gasteiger partial charge on any atom is -0.497 e. The van der Waals surface area contributed by atoms with Crippen LogP contribution in [0.15, 0.2) is 60.9 Å². The third-order valence-corrected chi connectivity index (χ3v) is 8.35. The number of ether oxygens (including phenoxy) is 1. The van der Waals surface area contributed by atoms with E-state index in [1.54, 1.807) is 6.07 Å². The second kappa shape index (κ2) is 11.3. The number of carbonyl (C=O) groups excluding carboxylic acids is 2. The highest BCUT2D eigenvalue weighted by Gasteiger charge is 2.54. The normalized spacial score (nSPS) is 25.8. The Balaban J connectivity index is 1.43. The Morgan fingerprint density at radius 3 is 2.66 bits per heavy atom. The highest BCUT2D eigenvalue weighted by molar-refractivity contribution is 6.21. The summed E-state index contributed by atoms with van der Waals surface area (Å²) in [5.41, 5.74) is -2.92. The average Bonchev–Trinajstić information content (AvgIpc) is 3.16. The van der Waals surface area contributed by atoms with Crippen molar-refractivity contribution in [3.8, 4) is 5.75 Å². The van der Waals surface area contributed by atoms with Crippen LogP contribution in [0.3, 0.4) is 0 Å². The van der Waals surface area contributed by atoms with Crippen LogP contribution in [-0.2, 0) is 10.4 Å². The molecule has 3 aromatic rings. The Morgan fingerprint density at radius 1 is 1.20 bits per heavy atom. The number of halogens is 5. The van der Waals surface area contributed by atoms with E-state index in [4.69, 9.17) is 16.3 Å². The molecule has 0 bridgehead atoms. The molecule has 0 saturated heterocycles. The predicted octanol–water partition coefficient (Wildman–Crippen LogP) is 4.65. The molecule has 2 aromatic carbocycles. The Bertz CT molecular complexity index is 1460. The molecule has 216 valence electrons. The number of aromatic nitrogens is 1. The van der Waals surface area contributed by atoms with Crippen molar-refractivity contribution in [1.82, 2.24) is 10.3 Å². The molecule has 7 nitrogen and oxygen atoms in total. The van der Waals surface area contributed by atoms with Gasteiger partial charge in [-0.2, -0.15) is 0 Å². The maximum atomic E-state index is 15.0. The van der Waals surface area contributed by atoms with Crippen LogP contribution < -0.4 is 15.0 Å². The van der Waals surface area contributed by atoms with Gasteiger partial charge in [0.15, 0.2) is 5.60 Å². The van der Waals surface area contributed by atoms with Gasteiger partial charge in [-0.3, -0.25) is 14.6 Å². The van der Waals surface area contributed by atoms with Crippen molar-refractivity contribution in [2.45, 2.75) is 36.3 Å². The van der Waals surface area contributed by atoms with Crippen LogP contribution in [0.2, 0.25) is 0 Å². The van der Waals surface area contributed by atoms with Crippen LogP contribution in [0.1, 0.15) is 34.3 Å². The molecule has 41 heavy (non-hydrogen) atoms. The molecule has 1 aliphatic carbocycles. The smallest absolute Gasteiger partial charge is 0.268 e. The number of methoxy groups -OCH3 is 1. The van der Waals surface area contributed by atoms with E-state index in [0.29, 0.717) is 0 Å². The van der Waals surface area contributed by atoms with Gasteiger partial charge in [0.2, 0.25) is 6.43 Å². The summed E-state index contributed by atoms with van der Waals surface area (Å²) >= 11 is 6.66. The molecule has 0 spiro atoms. The maximum absolute atomic E-state index is 15.0. The molecule has 5 atom stereocenters. The molecule has 2 N–H and O–H groups in total. The first kappa shape index (κ1) is 28.8. The SMILES string of the molecule is COc1ccc(F)c([C@@]2(O)C(=O)N(C[C@H]3C[C@@H](C(F)F)[C@H](NC(=O)c4cccnc4)C[C@H]3Cl)c3ccc(F)cc32)c1. The van der Waals surface area contributed by atoms with Crippen LogP contribution in [0.4, 0.5) is 23.2 Å². The number of benzene rings is 2. The summed E-state index contributed by atoms with van der Waals surface area (Å²) in [7, 11) is 1.33. The van der Waals surface area contributed by atoms with Crippen LogP contribution >= 0.6 is 11.6 Å². The van der Waals surface area contributed by atoms with Crippen molar-refractivity contribution in [3.63, 3.8) is 0 Å². The molecule has 2 aliphatic rings. The van der Waals surface area contributed by atoms with Gasteiger partial charge in [0.25, 0.3) is 11.8 Å². The van der Waals surface area contributed by atoms with E-state index in [2.05, 4.69) is 10.3 Å². The third-order valence-electron chi connectivity index (χ3n) is 7.82. The van der Waals surface area contributed by atoms with Gasteiger partial charge in [-0.1, -0.05) is 0 Å². The summed E-state index contributed by atoms with van der Waals surface area (Å²) in [6.07, 6.45) is -0.174. The molecule has 2 amide bonds. The first-order chi connectivity index (χ1) is 19.5. The highest BCUT2D eigenvalue weighted by Crippen LogP contribution is 2.47. The average molecular weight is 592 g/mol. The van der Waals surface area contributed by atoms with Crippen molar-refractivity contribution in [3.05, 3.63) is 89.2 Å². The molecule has 0 unspecified atom stereocenters. The summed E-state index contributed by atoms with van der Waals surface area (Å²) in [6.45, 7) is -0.202. The topological polar surface area (TPSA) is 91.8 Å². The second-order valence-corrected chi connectivity index (χ2v) is 10.8. The third kappa shape index (κ3) is 5.24. The van der Waals surface area contributed by atoms with Gasteiger partial charge < -0.3 is 20.1 Å². The molecule has 1 aliphatic heterocycles. The largest absolute Gasteiger partial charge is 0.497 e. The Morgan fingerprint density at radius 2 is 1.98 bits per heavy atom. The van der Waals surface area contributed by atoms with Crippen LogP contribution in [0.5, 0.6) is 5.75 Å². The molecule has 1 fully saturated rings. The quantitative estimate of drug-likeness (QED) is 0.308. The molecular weight excluding hydrogens is 566 g/mol. The van der Waals surface area contributed by atoms with Crippen LogP contribution in [0, 0.1) is 23.5 Å². The minimum absolute atomic E-state index is 0.0136. The number of anilines is 1. The summed E-state index contributed by atoms with van der Waals surface area (Å²) in [4.78, 5) is 31.4. The number of nitrogens with one attached hydrogen (secondary N) is 1. The predicted molar refractivity (Wildman–Crippen MR) is 142 cm³/mol. The number of fused-ring (bicyclic) bond motifs is 1. The Labute approximate surface area is 238 Å². The first-order valence-corrected chi connectivity index (χ1v) is 13.3. The number of carbonyl (C=O) groups is 2. The monoisotopic (exact) mass is 591 g/mol. The lowest BCUT2D eigenvalue weighted by atomic mass is 9.77. The zero-order chi connectivity index (χ0) is 29.5. The number of rotatable bonds is 7. The Kier molecular flexibility index (Phi) is 7.93. The fraction of sp³-hybridized carbons (Fsp3) is 0.345. The van der Waals surface area contributed by atoms with Crippen molar-refractivity contribution < 1.29 is 37.0 Å². The number of pyridine rings is 1. The summed E-state index contributed by atoms with van der Waals surface area (Å²) < 4.78 is 63.0. The first-order valence-electron chi connectivity index (χ1n) is 12.9. The highest BCUT2D eigenvalue weighted by atomic mass is 35.5. The van der Waals surface area contributed by atoms with Gasteiger partial charge in [-0.25, -0.2) is 17.6 Å². The van der Waals surface area contributed by atoms with Gasteiger partial charge >= 0.3 is 0 Å². The van der Waals surface area contributed by atoms with E-state index in [1.807, 2.05) is 0 Å². The Hall–Kier alpha value is -3.70. The van der Waals surface area contributed by atoms with E-state index < -0.39 is 64.3 Å². The fourth-order valence-corrected chi connectivity index (χ4v) is 6.07. The van der Waals surface area contributed by atoms with Crippen molar-refractivity contribution in [2.75, 3.05) is 18.6 Å². The lowest BCUT2D eigenvalue weighted by molar-refractivity contribution is -0.132. The summed E-state index contributed by atoms with van der Waals surface area (Å²) in [6, 6.07) is 8.88. The van der Waals surface area contributed by atoms with E-state index in [-0.39, 0.29) is 42.0 Å². The molecular formula is C29H26ClF4N3O4. The van der Waals surface area contributed by atoms with Gasteiger partial charge in [-0.15, -0.1) is 11.6 Å². The zero-order valence-corrected chi connectivity index (χ0v) is 22.5. The molecule has 5 rings (SSSR count). The zero-order valence-electron chi connectivity index (χ0n) is 21.7. The van der Waals surface area contributed by atoms with E-state index in [9.17, 15) is 27.9 Å². The van der Waals surface area contributed by atoms with Gasteiger partial charge in [0, 0.05) is 47.4 Å². The van der Waals surface area contributed by atoms with Gasteiger partial charge in [-0.05, 0) is 67.3 Å². The lowest BCUT2D eigenvalue weighted by Crippen LogP contribution is -2.52. The number of hydrogen-bond acceptors (Lipinski definition) is 5. The molecule has 2 heterocycles. The van der Waals surface area contributed by atoms with Crippen molar-refractivity contribution in [2.24, 2.45) is 11.8 Å². The second-order valence-electron chi connectivity index (χ2n) is 10.2. The summed E-state index contributed by atoms with van der Waals surface area (Å²) in [5, 5.41) is 13.6. The standard InChI is InChI=1S/C29H26ClF4N3O4/c1-41-18-5-6-23(32)20(11-18)29(40)21-10-17(31)4-7-25(21)37(28(29)39)14-16-9-19(26(33)34)24(12-22(16)30)36-27(38)15-3-2-8-35-13-15/h2-8,10-11,13,16,19,22,24,26,40H,9,12,14H2,1H3,(H,36,38)/t16-,19-,22-,24-,29+/m1/s1. The minimum atomic E-state index is -2.81. The number of hydrogen-bond donors (Lipinski definition) is 2. The number of amides is 2. The molecule has 1 saturated carbocycles. The van der Waals surface area contributed by atoms with E-state index in [0.717, 1.165) is 29.2 Å². The lowest BCUT2D eigenvalue weighted by Gasteiger charge is -2.40. The number of alkyl halides is 3. The van der Waals surface area contributed by atoms with Gasteiger partial charge in [0.1, 0.15) is 17.4 Å². The fourth-order valence-electron chi connectivity index (χ4n) is 5.69. The van der Waals surface area contributed by atoms with Crippen molar-refractivity contribution in [1.29, 1.82) is 0 Å². The van der Waals surface area contributed by atoms with E-state index in [1.165, 1.54) is 37.7 Å². The van der Waals surface area contributed by atoms with Crippen LogP contribution in [-0.4, -0.2) is 53.4 Å².